The third-order valence-corrected chi connectivity index (χ3v) is 15.3. The van der Waals surface area contributed by atoms with Crippen molar-refractivity contribution in [1.29, 1.82) is 0 Å². The van der Waals surface area contributed by atoms with Crippen LogP contribution in [0.15, 0.2) is 87.2 Å². The van der Waals surface area contributed by atoms with Gasteiger partial charge in [-0.05, 0) is 58.0 Å². The third-order valence-electron chi connectivity index (χ3n) is 15.3. The van der Waals surface area contributed by atoms with E-state index in [0.29, 0.717) is 0 Å². The zero-order chi connectivity index (χ0) is 58.8. The molecule has 15 rings (SSSR count). The average Bonchev–Trinajstić information content (AvgIpc) is 3.78. The molecule has 13 atom stereocenters. The molecule has 43 heteroatoms. The number of nitrogens with zero attached hydrogens (tertiary/aromatic N) is 20. The van der Waals surface area contributed by atoms with Crippen LogP contribution in [0.2, 0.25) is 0 Å². The summed E-state index contributed by atoms with van der Waals surface area (Å²) in [6.45, 7) is 25.1. The van der Waals surface area contributed by atoms with Crippen molar-refractivity contribution in [1.82, 2.24) is 90.9 Å². The zero-order valence-electron chi connectivity index (χ0n) is 43.7. The van der Waals surface area contributed by atoms with Gasteiger partial charge in [0.15, 0.2) is 30.2 Å². The summed E-state index contributed by atoms with van der Waals surface area (Å²) in [5.74, 6) is 0.235. The van der Waals surface area contributed by atoms with Crippen LogP contribution in [0.25, 0.3) is 0 Å². The Morgan fingerprint density at radius 1 is 0.444 bits per heavy atom. The van der Waals surface area contributed by atoms with Crippen molar-refractivity contribution in [3.05, 3.63) is 158 Å². The maximum Gasteiger partial charge on any atom is 0.293 e. The van der Waals surface area contributed by atoms with Gasteiger partial charge in [0.25, 0.3) is 49.1 Å². The van der Waals surface area contributed by atoms with Crippen LogP contribution in [0.4, 0.5) is 0 Å². The summed E-state index contributed by atoms with van der Waals surface area (Å²) >= 11 is 2.07. The van der Waals surface area contributed by atoms with Crippen LogP contribution in [-0.2, 0) is 25.8 Å². The van der Waals surface area contributed by atoms with Crippen molar-refractivity contribution >= 4 is 28.9 Å². The molecule has 13 unspecified atom stereocenters. The third kappa shape index (κ3) is 8.97. The van der Waals surface area contributed by atoms with Gasteiger partial charge < -0.3 is 39.0 Å². The molecule has 0 aromatic carbocycles. The SMILES string of the molecule is C=CN1C2C3N(C=CC)C(C4N(C=C)C1C(N4C=CC)N3/C=C\C)N2C=C.CC.CO/C(=C\[N+](=O)[O-])N1C2NC3NC4NC3NC2NC41.O=[N+]([O-])N1C2C3N([N+](=O)[O-])C1C1N([N+](=O)[O-])C(C(N1[N+](=O)[O-])N3[N+](=O)[O-])N2[N+](=O)[O-].PI.[W]. The minimum Gasteiger partial charge on any atom is -0.478 e. The Morgan fingerprint density at radius 2 is 0.679 bits per heavy atom. The summed E-state index contributed by atoms with van der Waals surface area (Å²) in [6, 6.07) is 0. The minimum absolute atomic E-state index is 0. The van der Waals surface area contributed by atoms with Gasteiger partial charge in [-0.1, -0.05) is 111 Å². The maximum absolute atomic E-state index is 11.7. The number of hydrogen-bond donors (Lipinski definition) is 5. The Balaban J connectivity index is 0.000000172. The number of nitrogens with one attached hydrogen (secondary N) is 5. The van der Waals surface area contributed by atoms with E-state index in [0.717, 1.165) is 6.20 Å². The fourth-order valence-electron chi connectivity index (χ4n) is 13.2. The van der Waals surface area contributed by atoms with Crippen LogP contribution in [0, 0.1) is 70.8 Å². The molecule has 5 N–H and O–H groups in total. The van der Waals surface area contributed by atoms with Crippen LogP contribution < -0.4 is 26.6 Å². The summed E-state index contributed by atoms with van der Waals surface area (Å²) < 4.78 is 5.19. The molecule has 0 spiro atoms. The Bertz CT molecular complexity index is 2480. The van der Waals surface area contributed by atoms with Crippen molar-refractivity contribution in [2.75, 3.05) is 7.11 Å². The van der Waals surface area contributed by atoms with Crippen molar-refractivity contribution < 1.29 is 60.9 Å². The molecule has 0 amide bonds. The van der Waals surface area contributed by atoms with Gasteiger partial charge in [-0.3, -0.25) is 36.7 Å². The summed E-state index contributed by atoms with van der Waals surface area (Å²) in [7, 11) is 1.44. The number of allylic oxidation sites excluding steroid dienone is 3. The summed E-state index contributed by atoms with van der Waals surface area (Å²) in [5.41, 5.74) is 0. The second kappa shape index (κ2) is 23.7. The molecule has 0 aliphatic carbocycles. The van der Waals surface area contributed by atoms with Crippen LogP contribution in [0.3, 0.4) is 0 Å². The number of hydrogen-bond acceptors (Lipinski definition) is 27. The van der Waals surface area contributed by atoms with Gasteiger partial charge in [0.1, 0.15) is 49.3 Å². The van der Waals surface area contributed by atoms with E-state index in [2.05, 4.69) is 162 Å². The first-order chi connectivity index (χ1) is 38.3. The fraction of sp³-hybridized carbons (Fsp3) is 0.632. The predicted molar refractivity (Wildman–Crippen MR) is 282 cm³/mol. The quantitative estimate of drug-likeness (QED) is 0.0389. The number of nitro groups is 7. The van der Waals surface area contributed by atoms with E-state index >= 15 is 0 Å². The molecule has 15 saturated heterocycles. The minimum atomic E-state index is -2.47. The normalized spacial score (nSPS) is 35.8. The Morgan fingerprint density at radius 3 is 0.914 bits per heavy atom. The standard InChI is InChI=1S/C21H30N6.C9H15N7O3.C6H6N12O12.C2H6.H2IP.W/c1-7-13-25-18-19-24(12-6)17-21(26(19)14-8-2)27(15-9-3)20(25)16(22(17)10-4)23(18)11-5;1-19-3(2-15(17)18)16-8-6-10-4-5(12-6)13-9(16)7(11-4)14-8;19-13(20)7-1-2-8(14(21)22)5(7)6-9(15(23)24)3(11(1)17(27)28)4(10(6)16(25)26)12(2)18(29)30;2*1-2;/h7-21H,4-6H2,1-3H3;2,4-14H,1H3;1-6H;1-2H3;2H2;/b13-7?,14-8?,15-9-;3-2-;;;;. The first kappa shape index (κ1) is 61.4. The van der Waals surface area contributed by atoms with Crippen molar-refractivity contribution in [2.24, 2.45) is 0 Å². The van der Waals surface area contributed by atoms with E-state index in [1.54, 1.807) is 0 Å². The molecule has 18 bridgehead atoms. The van der Waals surface area contributed by atoms with Gasteiger partial charge in [0.2, 0.25) is 0 Å². The van der Waals surface area contributed by atoms with E-state index in [1.807, 2.05) is 37.3 Å². The number of piperazine rings is 3. The van der Waals surface area contributed by atoms with E-state index in [4.69, 9.17) is 4.74 Å². The average molecular weight is 1450 g/mol. The number of hydrazine groups is 6. The van der Waals surface area contributed by atoms with Crippen molar-refractivity contribution in [2.45, 2.75) is 146 Å². The van der Waals surface area contributed by atoms with Crippen LogP contribution in [0.5, 0.6) is 0 Å². The number of ether oxygens (including phenoxy) is 1. The molecular weight excluding hydrogens is 1390 g/mol. The van der Waals surface area contributed by atoms with Crippen molar-refractivity contribution in [3.8, 4) is 0 Å². The van der Waals surface area contributed by atoms with E-state index in [-0.39, 0.29) is 131 Å². The topological polar surface area (TPSA) is 413 Å². The summed E-state index contributed by atoms with van der Waals surface area (Å²) in [4.78, 5) is 96.5. The van der Waals surface area contributed by atoms with Gasteiger partial charge >= 0.3 is 0 Å². The second-order valence-electron chi connectivity index (χ2n) is 18.3. The van der Waals surface area contributed by atoms with Gasteiger partial charge in [-0.2, -0.15) is 0 Å². The molecule has 0 radical (unpaired) electrons. The molecule has 0 aromatic rings. The summed E-state index contributed by atoms with van der Waals surface area (Å²) in [5, 5.41) is 88.2. The number of halogens is 1. The first-order valence-corrected chi connectivity index (χ1v) is 28.6. The van der Waals surface area contributed by atoms with E-state index < -0.39 is 72.1 Å². The Kier molecular flexibility index (Phi) is 18.0. The van der Waals surface area contributed by atoms with E-state index in [9.17, 15) is 70.8 Å². The molecule has 15 aliphatic heterocycles. The van der Waals surface area contributed by atoms with Gasteiger partial charge in [0.05, 0.1) is 36.7 Å². The van der Waals surface area contributed by atoms with Crippen LogP contribution in [0.1, 0.15) is 34.6 Å². The molecule has 0 saturated carbocycles. The molecule has 40 nitrogen and oxygen atoms in total. The molecule has 444 valence electrons. The Labute approximate surface area is 489 Å². The van der Waals surface area contributed by atoms with Gasteiger partial charge in [-0.25, -0.2) is 60.7 Å². The monoisotopic (exact) mass is 1450 g/mol. The molecule has 15 aliphatic rings. The summed E-state index contributed by atoms with van der Waals surface area (Å²) in [6.07, 6.45) is 6.39. The largest absolute Gasteiger partial charge is 0.478 e. The maximum atomic E-state index is 11.7. The van der Waals surface area contributed by atoms with Gasteiger partial charge in [0, 0.05) is 21.1 Å². The fourth-order valence-corrected chi connectivity index (χ4v) is 13.2. The smallest absolute Gasteiger partial charge is 0.293 e. The van der Waals surface area contributed by atoms with Crippen molar-refractivity contribution in [3.63, 3.8) is 0 Å². The first-order valence-electron chi connectivity index (χ1n) is 24.5. The predicted octanol–water partition coefficient (Wildman–Crippen LogP) is -2.00. The Hall–Kier alpha value is -7.17. The van der Waals surface area contributed by atoms with Crippen LogP contribution in [-0.4, -0.2) is 218 Å². The molecular formula is C38H59IN25O15PW. The molecule has 15 heterocycles. The second-order valence-corrected chi connectivity index (χ2v) is 18.3. The molecule has 15 fully saturated rings. The van der Waals surface area contributed by atoms with Gasteiger partial charge in [-0.15, -0.1) is 0 Å². The number of methoxy groups -OCH3 is 1. The number of rotatable bonds is 15. The van der Waals surface area contributed by atoms with E-state index in [1.165, 1.54) is 7.11 Å². The van der Waals surface area contributed by atoms with Crippen LogP contribution >= 0.6 is 28.9 Å². The molecule has 0 aromatic heterocycles. The molecule has 81 heavy (non-hydrogen) atoms. The zero-order valence-corrected chi connectivity index (χ0v) is 50.0.